The highest BCUT2D eigenvalue weighted by atomic mass is 79.9. The molecule has 0 rings (SSSR count). The molecule has 88 valence electrons. The summed E-state index contributed by atoms with van der Waals surface area (Å²) in [5.74, 6) is -1.47. The predicted octanol–water partition coefficient (Wildman–Crippen LogP) is 2.92. The zero-order valence-corrected chi connectivity index (χ0v) is 11.0. The van der Waals surface area contributed by atoms with Crippen molar-refractivity contribution >= 4 is 27.7 Å². The zero-order chi connectivity index (χ0) is 12.4. The fourth-order valence-electron chi connectivity index (χ4n) is 0.824. The van der Waals surface area contributed by atoms with Crippen LogP contribution in [-0.2, 0) is 14.3 Å². The average molecular weight is 287 g/mol. The van der Waals surface area contributed by atoms with Crippen molar-refractivity contribution < 1.29 is 14.3 Å². The second kappa shape index (κ2) is 9.09. The third-order valence-electron chi connectivity index (χ3n) is 1.49. The van der Waals surface area contributed by atoms with E-state index in [4.69, 9.17) is 0 Å². The van der Waals surface area contributed by atoms with Gasteiger partial charge in [0.2, 0.25) is 0 Å². The Labute approximate surface area is 104 Å². The first-order chi connectivity index (χ1) is 7.61. The van der Waals surface area contributed by atoms with E-state index in [0.717, 1.165) is 10.9 Å². The summed E-state index contributed by atoms with van der Waals surface area (Å²) in [4.78, 5) is 22.0. The maximum atomic E-state index is 11.1. The van der Waals surface area contributed by atoms with Crippen LogP contribution < -0.4 is 0 Å². The van der Waals surface area contributed by atoms with Crippen molar-refractivity contribution in [1.29, 1.82) is 0 Å². The molecule has 0 aromatic carbocycles. The Morgan fingerprint density at radius 2 is 1.81 bits per heavy atom. The lowest BCUT2D eigenvalue weighted by Crippen LogP contribution is -2.14. The van der Waals surface area contributed by atoms with E-state index in [1.54, 1.807) is 19.1 Å². The van der Waals surface area contributed by atoms with Gasteiger partial charge >= 0.3 is 5.97 Å². The normalized spacial score (nSPS) is 12.3. The maximum absolute atomic E-state index is 11.1. The number of ketones is 1. The third kappa shape index (κ3) is 7.17. The van der Waals surface area contributed by atoms with Crippen LogP contribution in [0.4, 0.5) is 0 Å². The molecule has 0 atom stereocenters. The number of halogens is 1. The molecule has 0 aromatic rings. The summed E-state index contributed by atoms with van der Waals surface area (Å²) in [5, 5.41) is 0. The van der Waals surface area contributed by atoms with Crippen molar-refractivity contribution in [2.24, 2.45) is 0 Å². The minimum absolute atomic E-state index is 0.207. The second-order valence-electron chi connectivity index (χ2n) is 2.80. The van der Waals surface area contributed by atoms with Gasteiger partial charge in [0.25, 0.3) is 5.78 Å². The third-order valence-corrected chi connectivity index (χ3v) is 2.08. The van der Waals surface area contributed by atoms with Gasteiger partial charge in [0.05, 0.1) is 6.61 Å². The van der Waals surface area contributed by atoms with Gasteiger partial charge < -0.3 is 4.74 Å². The summed E-state index contributed by atoms with van der Waals surface area (Å²) in [6.45, 7) is 3.88. The largest absolute Gasteiger partial charge is 0.460 e. The molecule has 4 heteroatoms. The molecule has 0 fully saturated rings. The highest BCUT2D eigenvalue weighted by molar-refractivity contribution is 9.11. The van der Waals surface area contributed by atoms with Gasteiger partial charge in [-0.3, -0.25) is 4.79 Å². The van der Waals surface area contributed by atoms with Gasteiger partial charge in [-0.15, -0.1) is 0 Å². The van der Waals surface area contributed by atoms with Gasteiger partial charge in [-0.25, -0.2) is 4.79 Å². The van der Waals surface area contributed by atoms with Gasteiger partial charge in [-0.2, -0.15) is 0 Å². The standard InChI is InChI=1S/C12H15BrO3/c1-3-7-10(13)8-5-6-9-11(14)12(15)16-4-2/h5-9H,3-4H2,1-2H3/b8-5-,9-6+,10-7+. The molecule has 0 aliphatic rings. The Balaban J connectivity index is 4.15. The lowest BCUT2D eigenvalue weighted by molar-refractivity contribution is -0.151. The Kier molecular flexibility index (Phi) is 8.43. The molecule has 0 aromatic heterocycles. The van der Waals surface area contributed by atoms with E-state index in [-0.39, 0.29) is 6.61 Å². The van der Waals surface area contributed by atoms with E-state index in [1.807, 2.05) is 13.0 Å². The second-order valence-corrected chi connectivity index (χ2v) is 3.72. The lowest BCUT2D eigenvalue weighted by atomic mass is 10.3. The Hall–Kier alpha value is -1.16. The molecule has 0 radical (unpaired) electrons. The van der Waals surface area contributed by atoms with Crippen LogP contribution >= 0.6 is 15.9 Å². The van der Waals surface area contributed by atoms with Crippen molar-refractivity contribution in [3.8, 4) is 0 Å². The molecule has 0 unspecified atom stereocenters. The monoisotopic (exact) mass is 286 g/mol. The fraction of sp³-hybridized carbons (Fsp3) is 0.333. The highest BCUT2D eigenvalue weighted by Gasteiger charge is 2.09. The van der Waals surface area contributed by atoms with Crippen LogP contribution in [0.3, 0.4) is 0 Å². The zero-order valence-electron chi connectivity index (χ0n) is 9.40. The quantitative estimate of drug-likeness (QED) is 0.326. The molecule has 0 aliphatic carbocycles. The Morgan fingerprint density at radius 1 is 1.19 bits per heavy atom. The van der Waals surface area contributed by atoms with E-state index in [2.05, 4.69) is 20.7 Å². The molecule has 3 nitrogen and oxygen atoms in total. The molecule has 0 saturated heterocycles. The van der Waals surface area contributed by atoms with Crippen molar-refractivity contribution in [2.45, 2.75) is 20.3 Å². The molecule has 0 saturated carbocycles. The summed E-state index contributed by atoms with van der Waals surface area (Å²) in [7, 11) is 0. The van der Waals surface area contributed by atoms with Gasteiger partial charge in [0.15, 0.2) is 0 Å². The molecule has 0 bridgehead atoms. The van der Waals surface area contributed by atoms with Crippen LogP contribution in [0, 0.1) is 0 Å². The first kappa shape index (κ1) is 14.8. The molecule has 0 aliphatic heterocycles. The SMILES string of the molecule is CC\C=C(Br)/C=C\C=C\C(=O)C(=O)OCC. The van der Waals surface area contributed by atoms with Crippen LogP contribution in [0.2, 0.25) is 0 Å². The number of carbonyl (C=O) groups is 2. The Bertz CT molecular complexity index is 327. The summed E-state index contributed by atoms with van der Waals surface area (Å²) >= 11 is 3.32. The van der Waals surface area contributed by atoms with Crippen LogP contribution in [0.5, 0.6) is 0 Å². The smallest absolute Gasteiger partial charge is 0.379 e. The molecule has 0 spiro atoms. The van der Waals surface area contributed by atoms with Gasteiger partial charge in [-0.1, -0.05) is 41.1 Å². The molecule has 0 N–H and O–H groups in total. The van der Waals surface area contributed by atoms with Crippen LogP contribution in [-0.4, -0.2) is 18.4 Å². The topological polar surface area (TPSA) is 43.4 Å². The number of ether oxygens (including phenoxy) is 1. The summed E-state index contributed by atoms with van der Waals surface area (Å²) in [6.07, 6.45) is 9.06. The molecule has 0 amide bonds. The van der Waals surface area contributed by atoms with Crippen molar-refractivity contribution in [3.63, 3.8) is 0 Å². The summed E-state index contributed by atoms with van der Waals surface area (Å²) in [6, 6.07) is 0. The highest BCUT2D eigenvalue weighted by Crippen LogP contribution is 2.07. The minimum Gasteiger partial charge on any atom is -0.460 e. The van der Waals surface area contributed by atoms with Crippen LogP contribution in [0.15, 0.2) is 34.9 Å². The van der Waals surface area contributed by atoms with E-state index in [9.17, 15) is 9.59 Å². The lowest BCUT2D eigenvalue weighted by Gasteiger charge is -1.94. The van der Waals surface area contributed by atoms with Gasteiger partial charge in [0.1, 0.15) is 0 Å². The number of hydrogen-bond donors (Lipinski definition) is 0. The summed E-state index contributed by atoms with van der Waals surface area (Å²) < 4.78 is 5.47. The van der Waals surface area contributed by atoms with E-state index in [1.165, 1.54) is 12.2 Å². The van der Waals surface area contributed by atoms with E-state index in [0.29, 0.717) is 0 Å². The number of carbonyl (C=O) groups excluding carboxylic acids is 2. The number of rotatable bonds is 6. The first-order valence-electron chi connectivity index (χ1n) is 5.03. The van der Waals surface area contributed by atoms with Crippen molar-refractivity contribution in [1.82, 2.24) is 0 Å². The fourth-order valence-corrected chi connectivity index (χ4v) is 1.30. The van der Waals surface area contributed by atoms with Gasteiger partial charge in [-0.05, 0) is 25.5 Å². The van der Waals surface area contributed by atoms with Gasteiger partial charge in [0, 0.05) is 4.48 Å². The predicted molar refractivity (Wildman–Crippen MR) is 67.2 cm³/mol. The van der Waals surface area contributed by atoms with Crippen molar-refractivity contribution in [3.05, 3.63) is 34.9 Å². The molecular formula is C12H15BrO3. The van der Waals surface area contributed by atoms with Crippen molar-refractivity contribution in [2.75, 3.05) is 6.61 Å². The first-order valence-corrected chi connectivity index (χ1v) is 5.82. The number of esters is 1. The number of allylic oxidation sites excluding steroid dienone is 5. The van der Waals surface area contributed by atoms with E-state index >= 15 is 0 Å². The average Bonchev–Trinajstić information content (AvgIpc) is 2.24. The number of hydrogen-bond acceptors (Lipinski definition) is 3. The molecular weight excluding hydrogens is 272 g/mol. The maximum Gasteiger partial charge on any atom is 0.379 e. The van der Waals surface area contributed by atoms with Crippen LogP contribution in [0.1, 0.15) is 20.3 Å². The Morgan fingerprint density at radius 3 is 2.38 bits per heavy atom. The molecule has 0 heterocycles. The molecule has 16 heavy (non-hydrogen) atoms. The van der Waals surface area contributed by atoms with Crippen LogP contribution in [0.25, 0.3) is 0 Å². The van der Waals surface area contributed by atoms with E-state index < -0.39 is 11.8 Å². The minimum atomic E-state index is -0.824. The summed E-state index contributed by atoms with van der Waals surface area (Å²) in [5.41, 5.74) is 0.